The summed E-state index contributed by atoms with van der Waals surface area (Å²) in [5.41, 5.74) is 2.18. The number of benzene rings is 2. The van der Waals surface area contributed by atoms with E-state index in [1.54, 1.807) is 0 Å². The highest BCUT2D eigenvalue weighted by Crippen LogP contribution is 2.20. The minimum atomic E-state index is -1.14. The number of ether oxygens (including phenoxy) is 1. The summed E-state index contributed by atoms with van der Waals surface area (Å²) >= 11 is 1.09. The molecule has 0 radical (unpaired) electrons. The number of hydrogen-bond donors (Lipinski definition) is 0. The van der Waals surface area contributed by atoms with Crippen LogP contribution in [-0.4, -0.2) is 26.5 Å². The number of carboxylic acids is 1. The van der Waals surface area contributed by atoms with Crippen LogP contribution < -0.4 is 9.84 Å². The molecule has 0 fully saturated rings. The van der Waals surface area contributed by atoms with E-state index in [1.165, 1.54) is 0 Å². The molecule has 134 valence electrons. The van der Waals surface area contributed by atoms with Crippen LogP contribution in [0.2, 0.25) is 0 Å². The zero-order valence-electron chi connectivity index (χ0n) is 14.3. The van der Waals surface area contributed by atoms with Gasteiger partial charge in [-0.05, 0) is 30.2 Å². The molecule has 26 heavy (non-hydrogen) atoms. The summed E-state index contributed by atoms with van der Waals surface area (Å²) in [4.78, 5) is 10.8. The zero-order valence-corrected chi connectivity index (χ0v) is 15.1. The van der Waals surface area contributed by atoms with Gasteiger partial charge in [0.15, 0.2) is 11.0 Å². The lowest BCUT2D eigenvalue weighted by Crippen LogP contribution is -2.24. The van der Waals surface area contributed by atoms with E-state index >= 15 is 0 Å². The van der Waals surface area contributed by atoms with Gasteiger partial charge in [0.2, 0.25) is 0 Å². The number of carbonyl (C=O) groups is 1. The van der Waals surface area contributed by atoms with Crippen LogP contribution in [0, 0.1) is 6.92 Å². The van der Waals surface area contributed by atoms with E-state index in [4.69, 9.17) is 4.74 Å². The molecule has 6 nitrogen and oxygen atoms in total. The number of hydrogen-bond acceptors (Lipinski definition) is 6. The number of carboxylic acid groups (broad SMARTS) is 1. The number of thioether (sulfide) groups is 1. The van der Waals surface area contributed by atoms with Gasteiger partial charge in [-0.3, -0.25) is 4.57 Å². The molecule has 0 aliphatic heterocycles. The quantitative estimate of drug-likeness (QED) is 0.566. The molecular formula is C19H18N3O3S-. The third-order valence-corrected chi connectivity index (χ3v) is 4.59. The van der Waals surface area contributed by atoms with E-state index in [9.17, 15) is 9.90 Å². The molecule has 3 aromatic rings. The van der Waals surface area contributed by atoms with Crippen molar-refractivity contribution in [3.8, 4) is 5.75 Å². The molecule has 0 unspecified atom stereocenters. The Morgan fingerprint density at radius 3 is 2.69 bits per heavy atom. The van der Waals surface area contributed by atoms with Crippen LogP contribution >= 0.6 is 11.8 Å². The van der Waals surface area contributed by atoms with Gasteiger partial charge < -0.3 is 14.6 Å². The molecule has 2 aromatic carbocycles. The fourth-order valence-electron chi connectivity index (χ4n) is 2.43. The number of aliphatic carboxylic acids is 1. The number of nitrogens with zero attached hydrogens (tertiary/aromatic N) is 3. The van der Waals surface area contributed by atoms with Gasteiger partial charge in [0.25, 0.3) is 0 Å². The maximum atomic E-state index is 10.8. The molecule has 0 aliphatic rings. The second kappa shape index (κ2) is 8.53. The molecule has 0 atom stereocenters. The molecule has 0 N–H and O–H groups in total. The fraction of sp³-hybridized carbons (Fsp3) is 0.211. The van der Waals surface area contributed by atoms with Gasteiger partial charge in [-0.15, -0.1) is 10.2 Å². The molecule has 0 saturated heterocycles. The Kier molecular flexibility index (Phi) is 5.91. The largest absolute Gasteiger partial charge is 0.549 e. The van der Waals surface area contributed by atoms with Crippen molar-refractivity contribution in [2.24, 2.45) is 0 Å². The smallest absolute Gasteiger partial charge is 0.192 e. The van der Waals surface area contributed by atoms with Crippen LogP contribution in [0.25, 0.3) is 0 Å². The first kappa shape index (κ1) is 18.0. The highest BCUT2D eigenvalue weighted by atomic mass is 32.2. The van der Waals surface area contributed by atoms with E-state index in [0.29, 0.717) is 17.5 Å². The molecule has 0 amide bonds. The normalized spacial score (nSPS) is 10.7. The van der Waals surface area contributed by atoms with E-state index in [1.807, 2.05) is 66.1 Å². The first-order valence-electron chi connectivity index (χ1n) is 8.10. The van der Waals surface area contributed by atoms with Crippen LogP contribution in [0.15, 0.2) is 59.8 Å². The van der Waals surface area contributed by atoms with Gasteiger partial charge in [0.1, 0.15) is 12.4 Å². The third kappa shape index (κ3) is 4.86. The number of carbonyl (C=O) groups excluding carboxylic acids is 1. The van der Waals surface area contributed by atoms with Gasteiger partial charge in [-0.2, -0.15) is 0 Å². The van der Waals surface area contributed by atoms with Gasteiger partial charge in [0, 0.05) is 5.75 Å². The van der Waals surface area contributed by atoms with Gasteiger partial charge in [0.05, 0.1) is 12.5 Å². The Balaban J connectivity index is 1.80. The minimum absolute atomic E-state index is 0.175. The summed E-state index contributed by atoms with van der Waals surface area (Å²) < 4.78 is 7.70. The Bertz CT molecular complexity index is 881. The highest BCUT2D eigenvalue weighted by Gasteiger charge is 2.14. The van der Waals surface area contributed by atoms with Crippen molar-refractivity contribution < 1.29 is 14.6 Å². The maximum absolute atomic E-state index is 10.8. The lowest BCUT2D eigenvalue weighted by molar-refractivity contribution is -0.301. The molecule has 1 heterocycles. The Hall–Kier alpha value is -2.80. The van der Waals surface area contributed by atoms with E-state index < -0.39 is 5.97 Å². The van der Waals surface area contributed by atoms with E-state index in [2.05, 4.69) is 10.2 Å². The first-order chi connectivity index (χ1) is 12.6. The molecule has 7 heteroatoms. The second-order valence-corrected chi connectivity index (χ2v) is 6.68. The summed E-state index contributed by atoms with van der Waals surface area (Å²) in [6.07, 6.45) is 0. The zero-order chi connectivity index (χ0) is 18.4. The highest BCUT2D eigenvalue weighted by molar-refractivity contribution is 7.99. The maximum Gasteiger partial charge on any atom is 0.192 e. The minimum Gasteiger partial charge on any atom is -0.549 e. The topological polar surface area (TPSA) is 80.1 Å². The lowest BCUT2D eigenvalue weighted by Gasteiger charge is -2.11. The fourth-order valence-corrected chi connectivity index (χ4v) is 3.11. The van der Waals surface area contributed by atoms with Crippen molar-refractivity contribution in [1.82, 2.24) is 14.8 Å². The van der Waals surface area contributed by atoms with Crippen LogP contribution in [0.3, 0.4) is 0 Å². The van der Waals surface area contributed by atoms with E-state index in [-0.39, 0.29) is 12.4 Å². The average Bonchev–Trinajstić information content (AvgIpc) is 3.01. The second-order valence-electron chi connectivity index (χ2n) is 5.74. The van der Waals surface area contributed by atoms with Crippen LogP contribution in [-0.2, 0) is 17.9 Å². The van der Waals surface area contributed by atoms with Gasteiger partial charge >= 0.3 is 0 Å². The first-order valence-corrected chi connectivity index (χ1v) is 9.08. The molecule has 0 aliphatic carbocycles. The number of rotatable bonds is 8. The number of aromatic nitrogens is 3. The Morgan fingerprint density at radius 2 is 1.96 bits per heavy atom. The van der Waals surface area contributed by atoms with Crippen LogP contribution in [0.1, 0.15) is 17.0 Å². The SMILES string of the molecule is Cc1cccc(OCc2nnc(SCC(=O)[O-])n2Cc2ccccc2)c1. The molecule has 0 spiro atoms. The predicted octanol–water partition coefficient (Wildman–Crippen LogP) is 2.06. The van der Waals surface area contributed by atoms with Crippen molar-refractivity contribution >= 4 is 17.7 Å². The third-order valence-electron chi connectivity index (χ3n) is 3.65. The molecule has 3 rings (SSSR count). The molecule has 0 saturated carbocycles. The molecule has 1 aromatic heterocycles. The van der Waals surface area contributed by atoms with Crippen molar-refractivity contribution in [3.63, 3.8) is 0 Å². The summed E-state index contributed by atoms with van der Waals surface area (Å²) in [5.74, 6) is 0.0762. The monoisotopic (exact) mass is 368 g/mol. The summed E-state index contributed by atoms with van der Waals surface area (Å²) in [7, 11) is 0. The summed E-state index contributed by atoms with van der Waals surface area (Å²) in [5, 5.41) is 19.6. The van der Waals surface area contributed by atoms with Crippen LogP contribution in [0.4, 0.5) is 0 Å². The van der Waals surface area contributed by atoms with Gasteiger partial charge in [-0.25, -0.2) is 0 Å². The van der Waals surface area contributed by atoms with Crippen molar-refractivity contribution in [2.75, 3.05) is 5.75 Å². The van der Waals surface area contributed by atoms with Crippen molar-refractivity contribution in [1.29, 1.82) is 0 Å². The van der Waals surface area contributed by atoms with Gasteiger partial charge in [-0.1, -0.05) is 54.2 Å². The van der Waals surface area contributed by atoms with E-state index in [0.717, 1.165) is 28.6 Å². The Labute approximate surface area is 155 Å². The summed E-state index contributed by atoms with van der Waals surface area (Å²) in [6, 6.07) is 17.6. The average molecular weight is 368 g/mol. The summed E-state index contributed by atoms with van der Waals surface area (Å²) in [6.45, 7) is 2.78. The molecular weight excluding hydrogens is 350 g/mol. The van der Waals surface area contributed by atoms with Crippen molar-refractivity contribution in [2.45, 2.75) is 25.2 Å². The number of aryl methyl sites for hydroxylation is 1. The van der Waals surface area contributed by atoms with Crippen LogP contribution in [0.5, 0.6) is 5.75 Å². The Morgan fingerprint density at radius 1 is 1.15 bits per heavy atom. The molecule has 0 bridgehead atoms. The standard InChI is InChI=1S/C19H19N3O3S/c1-14-6-5-9-16(10-14)25-12-17-20-21-19(26-13-18(23)24)22(17)11-15-7-3-2-4-8-15/h2-10H,11-13H2,1H3,(H,23,24)/p-1. The lowest BCUT2D eigenvalue weighted by atomic mass is 10.2. The van der Waals surface area contributed by atoms with Crippen molar-refractivity contribution in [3.05, 3.63) is 71.5 Å². The predicted molar refractivity (Wildman–Crippen MR) is 96.8 cm³/mol.